The largest absolute Gasteiger partial charge is 0.396 e. The van der Waals surface area contributed by atoms with Crippen molar-refractivity contribution in [1.29, 1.82) is 0 Å². The summed E-state index contributed by atoms with van der Waals surface area (Å²) in [5.74, 6) is -1.03. The van der Waals surface area contributed by atoms with E-state index in [2.05, 4.69) is 5.32 Å². The second-order valence-corrected chi connectivity index (χ2v) is 5.22. The molecule has 6 nitrogen and oxygen atoms in total. The number of primary amides is 1. The third-order valence-corrected chi connectivity index (χ3v) is 2.54. The molecule has 0 aliphatic rings. The maximum Gasteiger partial charge on any atom is 0.237 e. The molecule has 2 atom stereocenters. The quantitative estimate of drug-likeness (QED) is 0.485. The Morgan fingerprint density at radius 1 is 1.35 bits per heavy atom. The molecule has 0 heterocycles. The van der Waals surface area contributed by atoms with Gasteiger partial charge in [-0.2, -0.15) is 0 Å². The second kappa shape index (κ2) is 6.56. The first-order valence-corrected chi connectivity index (χ1v) is 5.63. The van der Waals surface area contributed by atoms with Crippen molar-refractivity contribution in [3.63, 3.8) is 0 Å². The Kier molecular flexibility index (Phi) is 6.12. The Morgan fingerprint density at radius 3 is 2.24 bits per heavy atom. The monoisotopic (exact) mass is 245 g/mol. The van der Waals surface area contributed by atoms with Crippen LogP contribution < -0.4 is 16.8 Å². The molecule has 0 aromatic rings. The van der Waals surface area contributed by atoms with Crippen molar-refractivity contribution in [3.05, 3.63) is 0 Å². The summed E-state index contributed by atoms with van der Waals surface area (Å²) in [5.41, 5.74) is 10.3. The lowest BCUT2D eigenvalue weighted by Gasteiger charge is -2.31. The van der Waals surface area contributed by atoms with E-state index < -0.39 is 17.9 Å². The van der Waals surface area contributed by atoms with Gasteiger partial charge in [-0.15, -0.1) is 0 Å². The lowest BCUT2D eigenvalue weighted by Crippen LogP contribution is -2.51. The highest BCUT2D eigenvalue weighted by atomic mass is 16.3. The summed E-state index contributed by atoms with van der Waals surface area (Å²) in [7, 11) is 0. The molecule has 0 fully saturated rings. The average molecular weight is 245 g/mol. The van der Waals surface area contributed by atoms with Gasteiger partial charge in [0.15, 0.2) is 0 Å². The molecule has 0 radical (unpaired) electrons. The number of aliphatic hydroxyl groups excluding tert-OH is 1. The lowest BCUT2D eigenvalue weighted by molar-refractivity contribution is -0.127. The van der Waals surface area contributed by atoms with Crippen LogP contribution in [-0.4, -0.2) is 35.6 Å². The molecule has 0 saturated carbocycles. The third-order valence-electron chi connectivity index (χ3n) is 2.54. The van der Waals surface area contributed by atoms with Crippen LogP contribution in [-0.2, 0) is 9.59 Å². The Morgan fingerprint density at radius 2 is 1.88 bits per heavy atom. The number of hydrogen-bond acceptors (Lipinski definition) is 4. The molecule has 100 valence electrons. The predicted molar refractivity (Wildman–Crippen MR) is 64.9 cm³/mol. The smallest absolute Gasteiger partial charge is 0.237 e. The Labute approximate surface area is 102 Å². The van der Waals surface area contributed by atoms with Gasteiger partial charge in [0.2, 0.25) is 11.8 Å². The molecule has 2 amide bonds. The zero-order valence-electron chi connectivity index (χ0n) is 10.7. The van der Waals surface area contributed by atoms with Crippen LogP contribution in [0.3, 0.4) is 0 Å². The molecular formula is C11H23N3O3. The van der Waals surface area contributed by atoms with Crippen LogP contribution in [0.4, 0.5) is 0 Å². The summed E-state index contributed by atoms with van der Waals surface area (Å²) in [4.78, 5) is 22.3. The molecule has 6 N–H and O–H groups in total. The molecule has 0 aromatic carbocycles. The first-order valence-electron chi connectivity index (χ1n) is 5.63. The molecule has 0 aromatic heterocycles. The van der Waals surface area contributed by atoms with Crippen molar-refractivity contribution >= 4 is 11.8 Å². The van der Waals surface area contributed by atoms with Crippen LogP contribution in [0.1, 0.15) is 33.6 Å². The molecular weight excluding hydrogens is 222 g/mol. The van der Waals surface area contributed by atoms with Gasteiger partial charge in [-0.3, -0.25) is 9.59 Å². The van der Waals surface area contributed by atoms with Crippen LogP contribution in [0.2, 0.25) is 0 Å². The number of aliphatic hydroxyl groups is 1. The predicted octanol–water partition coefficient (Wildman–Crippen LogP) is -0.898. The number of rotatable bonds is 6. The number of nitrogens with one attached hydrogen (secondary N) is 1. The SMILES string of the molecule is CC(C)(C)C(CCO)NC(=O)C(N)CC(N)=O. The molecule has 17 heavy (non-hydrogen) atoms. The van der Waals surface area contributed by atoms with Gasteiger partial charge in [0.25, 0.3) is 0 Å². The fraction of sp³-hybridized carbons (Fsp3) is 0.818. The van der Waals surface area contributed by atoms with Gasteiger partial charge in [-0.05, 0) is 11.8 Å². The number of hydrogen-bond donors (Lipinski definition) is 4. The van der Waals surface area contributed by atoms with Crippen molar-refractivity contribution in [1.82, 2.24) is 5.32 Å². The minimum Gasteiger partial charge on any atom is -0.396 e. The van der Waals surface area contributed by atoms with E-state index in [1.807, 2.05) is 20.8 Å². The van der Waals surface area contributed by atoms with E-state index in [1.54, 1.807) is 0 Å². The zero-order valence-corrected chi connectivity index (χ0v) is 10.7. The van der Waals surface area contributed by atoms with E-state index in [0.717, 1.165) is 0 Å². The summed E-state index contributed by atoms with van der Waals surface area (Å²) >= 11 is 0. The zero-order chi connectivity index (χ0) is 13.6. The van der Waals surface area contributed by atoms with Gasteiger partial charge in [0, 0.05) is 12.6 Å². The van der Waals surface area contributed by atoms with E-state index in [1.165, 1.54) is 0 Å². The summed E-state index contributed by atoms with van der Waals surface area (Å²) in [5, 5.41) is 11.7. The van der Waals surface area contributed by atoms with Crippen LogP contribution in [0.15, 0.2) is 0 Å². The molecule has 6 heteroatoms. The first-order chi connectivity index (χ1) is 7.68. The van der Waals surface area contributed by atoms with E-state index in [4.69, 9.17) is 16.6 Å². The minimum absolute atomic E-state index is 0.0206. The molecule has 0 saturated heterocycles. The highest BCUT2D eigenvalue weighted by Gasteiger charge is 2.27. The Hall–Kier alpha value is -1.14. The van der Waals surface area contributed by atoms with E-state index in [0.29, 0.717) is 6.42 Å². The molecule has 0 aliphatic carbocycles. The maximum absolute atomic E-state index is 11.7. The first kappa shape index (κ1) is 15.9. The number of nitrogens with two attached hydrogens (primary N) is 2. The van der Waals surface area contributed by atoms with Gasteiger partial charge < -0.3 is 21.9 Å². The summed E-state index contributed by atoms with van der Waals surface area (Å²) in [6, 6.07) is -1.13. The second-order valence-electron chi connectivity index (χ2n) is 5.22. The highest BCUT2D eigenvalue weighted by molar-refractivity contribution is 5.87. The minimum atomic E-state index is -0.934. The Balaban J connectivity index is 4.45. The van der Waals surface area contributed by atoms with Gasteiger partial charge in [-0.1, -0.05) is 20.8 Å². The molecule has 0 rings (SSSR count). The molecule has 0 aliphatic heterocycles. The molecule has 0 spiro atoms. The normalized spacial score (nSPS) is 15.1. The van der Waals surface area contributed by atoms with Crippen molar-refractivity contribution in [2.45, 2.75) is 45.7 Å². The van der Waals surface area contributed by atoms with Crippen molar-refractivity contribution in [2.24, 2.45) is 16.9 Å². The van der Waals surface area contributed by atoms with Gasteiger partial charge in [-0.25, -0.2) is 0 Å². The molecule has 2 unspecified atom stereocenters. The Bertz CT molecular complexity index is 274. The van der Waals surface area contributed by atoms with E-state index in [-0.39, 0.29) is 24.5 Å². The van der Waals surface area contributed by atoms with Gasteiger partial charge in [0.1, 0.15) is 0 Å². The maximum atomic E-state index is 11.7. The van der Waals surface area contributed by atoms with Crippen molar-refractivity contribution in [2.75, 3.05) is 6.61 Å². The topological polar surface area (TPSA) is 118 Å². The third kappa shape index (κ3) is 6.23. The van der Waals surface area contributed by atoms with E-state index in [9.17, 15) is 9.59 Å². The number of amides is 2. The van der Waals surface area contributed by atoms with Gasteiger partial charge >= 0.3 is 0 Å². The average Bonchev–Trinajstić information content (AvgIpc) is 2.14. The van der Waals surface area contributed by atoms with Crippen LogP contribution in [0.25, 0.3) is 0 Å². The number of carbonyl (C=O) groups is 2. The van der Waals surface area contributed by atoms with E-state index >= 15 is 0 Å². The van der Waals surface area contributed by atoms with Gasteiger partial charge in [0.05, 0.1) is 12.5 Å². The van der Waals surface area contributed by atoms with Crippen LogP contribution in [0, 0.1) is 5.41 Å². The van der Waals surface area contributed by atoms with Crippen LogP contribution >= 0.6 is 0 Å². The molecule has 0 bridgehead atoms. The fourth-order valence-corrected chi connectivity index (χ4v) is 1.44. The summed E-state index contributed by atoms with van der Waals surface area (Å²) < 4.78 is 0. The van der Waals surface area contributed by atoms with Crippen LogP contribution in [0.5, 0.6) is 0 Å². The van der Waals surface area contributed by atoms with Crippen molar-refractivity contribution < 1.29 is 14.7 Å². The summed E-state index contributed by atoms with van der Waals surface area (Å²) in [6.45, 7) is 5.83. The van der Waals surface area contributed by atoms with Crippen molar-refractivity contribution in [3.8, 4) is 0 Å². The standard InChI is InChI=1S/C11H23N3O3/c1-11(2,3)8(4-5-15)14-10(17)7(12)6-9(13)16/h7-8,15H,4-6,12H2,1-3H3,(H2,13,16)(H,14,17). The summed E-state index contributed by atoms with van der Waals surface area (Å²) in [6.07, 6.45) is 0.264. The highest BCUT2D eigenvalue weighted by Crippen LogP contribution is 2.21. The fourth-order valence-electron chi connectivity index (χ4n) is 1.44. The lowest BCUT2D eigenvalue weighted by atomic mass is 9.84. The number of carbonyl (C=O) groups excluding carboxylic acids is 2.